The zero-order valence-corrected chi connectivity index (χ0v) is 15.1. The minimum atomic E-state index is 0.984. The van der Waals surface area contributed by atoms with Crippen LogP contribution in [0, 0.1) is 0 Å². The second-order valence-corrected chi connectivity index (χ2v) is 6.26. The maximum Gasteiger partial charge on any atom is 0.0463 e. The molecule has 1 aromatic carbocycles. The van der Waals surface area contributed by atoms with E-state index in [0.29, 0.717) is 0 Å². The van der Waals surface area contributed by atoms with Crippen molar-refractivity contribution in [1.29, 1.82) is 0 Å². The molecule has 2 heteroatoms. The quantitative estimate of drug-likeness (QED) is 0.506. The van der Waals surface area contributed by atoms with E-state index in [0.717, 1.165) is 41.0 Å². The van der Waals surface area contributed by atoms with Crippen LogP contribution in [0.15, 0.2) is 77.2 Å². The van der Waals surface area contributed by atoms with Crippen LogP contribution >= 0.6 is 0 Å². The highest BCUT2D eigenvalue weighted by Gasteiger charge is 2.03. The first-order valence-electron chi connectivity index (χ1n) is 8.34. The Bertz CT molecular complexity index is 768. The number of rotatable bonds is 6. The fourth-order valence-electron chi connectivity index (χ4n) is 2.46. The summed E-state index contributed by atoms with van der Waals surface area (Å²) in [5.41, 5.74) is 7.86. The first-order chi connectivity index (χ1) is 11.5. The summed E-state index contributed by atoms with van der Waals surface area (Å²) < 4.78 is 0. The molecule has 0 fully saturated rings. The van der Waals surface area contributed by atoms with Crippen molar-refractivity contribution < 1.29 is 0 Å². The number of aromatic nitrogens is 1. The highest BCUT2D eigenvalue weighted by Crippen LogP contribution is 2.15. The molecule has 0 unspecified atom stereocenters. The molecule has 1 heterocycles. The van der Waals surface area contributed by atoms with Gasteiger partial charge in [0.15, 0.2) is 0 Å². The molecule has 0 bridgehead atoms. The fraction of sp³-hybridized carbons (Fsp3) is 0.273. The van der Waals surface area contributed by atoms with E-state index >= 15 is 0 Å². The van der Waals surface area contributed by atoms with Gasteiger partial charge in [-0.25, -0.2) is 0 Å². The lowest BCUT2D eigenvalue weighted by atomic mass is 10.0. The van der Waals surface area contributed by atoms with Crippen molar-refractivity contribution in [3.63, 3.8) is 0 Å². The number of aryl methyl sites for hydroxylation is 2. The van der Waals surface area contributed by atoms with E-state index in [1.54, 1.807) is 0 Å². The Labute approximate surface area is 145 Å². The van der Waals surface area contributed by atoms with Gasteiger partial charge in [0.25, 0.3) is 0 Å². The van der Waals surface area contributed by atoms with Crippen LogP contribution in [-0.4, -0.2) is 10.7 Å². The van der Waals surface area contributed by atoms with Gasteiger partial charge in [-0.1, -0.05) is 42.5 Å². The zero-order valence-electron chi connectivity index (χ0n) is 15.1. The Morgan fingerprint density at radius 3 is 2.29 bits per heavy atom. The molecule has 0 amide bonds. The second-order valence-electron chi connectivity index (χ2n) is 6.26. The largest absolute Gasteiger partial charge is 0.264 e. The summed E-state index contributed by atoms with van der Waals surface area (Å²) in [5, 5.41) is 0. The zero-order chi connectivity index (χ0) is 17.5. The highest BCUT2D eigenvalue weighted by molar-refractivity contribution is 5.99. The Balaban J connectivity index is 2.15. The van der Waals surface area contributed by atoms with Gasteiger partial charge in [0.05, 0.1) is 0 Å². The fourth-order valence-corrected chi connectivity index (χ4v) is 2.46. The third kappa shape index (κ3) is 5.02. The third-order valence-electron chi connectivity index (χ3n) is 4.28. The molecule has 2 nitrogen and oxygen atoms in total. The summed E-state index contributed by atoms with van der Waals surface area (Å²) in [6.07, 6.45) is 5.84. The molecular formula is C22H26N2. The number of allylic oxidation sites excluding steroid dienone is 3. The van der Waals surface area contributed by atoms with Gasteiger partial charge in [0, 0.05) is 29.4 Å². The normalized spacial score (nSPS) is 12.8. The van der Waals surface area contributed by atoms with Crippen molar-refractivity contribution in [3.05, 3.63) is 88.9 Å². The Kier molecular flexibility index (Phi) is 6.25. The SMILES string of the molecule is C=C(C)/C(C)=C(\C)N=C(C)c1cncc(CCc2ccccc2)c1. The molecule has 2 rings (SSSR count). The van der Waals surface area contributed by atoms with Crippen LogP contribution in [0.4, 0.5) is 0 Å². The monoisotopic (exact) mass is 318 g/mol. The Hall–Kier alpha value is -2.48. The van der Waals surface area contributed by atoms with Crippen molar-refractivity contribution in [2.24, 2.45) is 4.99 Å². The molecule has 0 aliphatic heterocycles. The topological polar surface area (TPSA) is 25.2 Å². The van der Waals surface area contributed by atoms with Crippen molar-refractivity contribution in [1.82, 2.24) is 4.98 Å². The Morgan fingerprint density at radius 1 is 0.958 bits per heavy atom. The van der Waals surface area contributed by atoms with Crippen LogP contribution in [0.1, 0.15) is 44.4 Å². The minimum Gasteiger partial charge on any atom is -0.264 e. The van der Waals surface area contributed by atoms with Gasteiger partial charge in [-0.05, 0) is 63.3 Å². The average molecular weight is 318 g/mol. The van der Waals surface area contributed by atoms with Crippen molar-refractivity contribution in [3.8, 4) is 0 Å². The number of aliphatic imine (C=N–C) groups is 1. The third-order valence-corrected chi connectivity index (χ3v) is 4.28. The molecule has 0 aliphatic carbocycles. The molecule has 0 spiro atoms. The van der Waals surface area contributed by atoms with E-state index in [2.05, 4.69) is 48.8 Å². The lowest BCUT2D eigenvalue weighted by Gasteiger charge is -2.07. The lowest BCUT2D eigenvalue weighted by Crippen LogP contribution is -2.00. The van der Waals surface area contributed by atoms with Crippen molar-refractivity contribution in [2.45, 2.75) is 40.5 Å². The smallest absolute Gasteiger partial charge is 0.0463 e. The van der Waals surface area contributed by atoms with Crippen LogP contribution in [-0.2, 0) is 12.8 Å². The summed E-state index contributed by atoms with van der Waals surface area (Å²) in [5.74, 6) is 0. The van der Waals surface area contributed by atoms with E-state index in [9.17, 15) is 0 Å². The Morgan fingerprint density at radius 2 is 1.62 bits per heavy atom. The van der Waals surface area contributed by atoms with Gasteiger partial charge >= 0.3 is 0 Å². The summed E-state index contributed by atoms with van der Waals surface area (Å²) in [7, 11) is 0. The molecule has 2 aromatic rings. The van der Waals surface area contributed by atoms with Gasteiger partial charge in [-0.3, -0.25) is 9.98 Å². The number of hydrogen-bond acceptors (Lipinski definition) is 2. The predicted octanol–water partition coefficient (Wildman–Crippen LogP) is 5.55. The molecule has 0 saturated heterocycles. The van der Waals surface area contributed by atoms with E-state index in [4.69, 9.17) is 4.99 Å². The van der Waals surface area contributed by atoms with E-state index in [1.807, 2.05) is 39.2 Å². The number of nitrogens with zero attached hydrogens (tertiary/aromatic N) is 2. The van der Waals surface area contributed by atoms with Gasteiger partial charge in [0.2, 0.25) is 0 Å². The molecule has 1 aromatic heterocycles. The molecule has 0 atom stereocenters. The molecular weight excluding hydrogens is 292 g/mol. The molecule has 0 saturated carbocycles. The first-order valence-corrected chi connectivity index (χ1v) is 8.34. The van der Waals surface area contributed by atoms with E-state index < -0.39 is 0 Å². The van der Waals surface area contributed by atoms with E-state index in [-0.39, 0.29) is 0 Å². The number of hydrogen-bond donors (Lipinski definition) is 0. The number of pyridine rings is 1. The van der Waals surface area contributed by atoms with Gasteiger partial charge < -0.3 is 0 Å². The lowest BCUT2D eigenvalue weighted by molar-refractivity contribution is 0.949. The molecule has 24 heavy (non-hydrogen) atoms. The maximum atomic E-state index is 4.72. The predicted molar refractivity (Wildman–Crippen MR) is 103 cm³/mol. The standard InChI is InChI=1S/C22H26N2/c1-16(2)17(3)18(4)24-19(5)22-13-21(14-23-15-22)12-11-20-9-7-6-8-10-20/h6-10,13-15H,1,11-12H2,2-5H3/b18-17+,24-19?. The van der Waals surface area contributed by atoms with Crippen LogP contribution < -0.4 is 0 Å². The van der Waals surface area contributed by atoms with Crippen LogP contribution in [0.5, 0.6) is 0 Å². The average Bonchev–Trinajstić information content (AvgIpc) is 2.60. The van der Waals surface area contributed by atoms with Gasteiger partial charge in [0.1, 0.15) is 0 Å². The first kappa shape index (κ1) is 17.9. The minimum absolute atomic E-state index is 0.984. The van der Waals surface area contributed by atoms with Crippen molar-refractivity contribution in [2.75, 3.05) is 0 Å². The summed E-state index contributed by atoms with van der Waals surface area (Å²) >= 11 is 0. The van der Waals surface area contributed by atoms with Crippen molar-refractivity contribution >= 4 is 5.71 Å². The summed E-state index contributed by atoms with van der Waals surface area (Å²) in [6.45, 7) is 12.1. The molecule has 0 aliphatic rings. The van der Waals surface area contributed by atoms with E-state index in [1.165, 1.54) is 11.1 Å². The molecule has 0 radical (unpaired) electrons. The van der Waals surface area contributed by atoms with Crippen LogP contribution in [0.2, 0.25) is 0 Å². The van der Waals surface area contributed by atoms with Gasteiger partial charge in [-0.15, -0.1) is 0 Å². The molecule has 124 valence electrons. The maximum absolute atomic E-state index is 4.72. The highest BCUT2D eigenvalue weighted by atomic mass is 14.8. The molecule has 0 N–H and O–H groups in total. The number of benzene rings is 1. The summed E-state index contributed by atoms with van der Waals surface area (Å²) in [6, 6.07) is 12.7. The van der Waals surface area contributed by atoms with Gasteiger partial charge in [-0.2, -0.15) is 0 Å². The van der Waals surface area contributed by atoms with Crippen LogP contribution in [0.3, 0.4) is 0 Å². The van der Waals surface area contributed by atoms with Crippen LogP contribution in [0.25, 0.3) is 0 Å². The summed E-state index contributed by atoms with van der Waals surface area (Å²) in [4.78, 5) is 9.11. The second kappa shape index (κ2) is 8.39.